The minimum absolute atomic E-state index is 0.0128. The molecule has 0 rings (SSSR count). The number of ketones is 1. The first-order valence-electron chi connectivity index (χ1n) is 6.25. The van der Waals surface area contributed by atoms with Gasteiger partial charge < -0.3 is 5.32 Å². The highest BCUT2D eigenvalue weighted by Crippen LogP contribution is 2.01. The highest BCUT2D eigenvalue weighted by Gasteiger charge is 1.96. The molecule has 0 fully saturated rings. The van der Waals surface area contributed by atoms with Crippen LogP contribution < -0.4 is 5.32 Å². The molecule has 0 aromatic heterocycles. The Bertz CT molecular complexity index is 448. The second kappa shape index (κ2) is 9.89. The molecule has 0 aromatic rings. The number of carbonyl (C=O) groups is 1. The Morgan fingerprint density at radius 1 is 1.11 bits per heavy atom. The summed E-state index contributed by atoms with van der Waals surface area (Å²) in [6.07, 6.45) is 13.0. The number of rotatable bonds is 8. The van der Waals surface area contributed by atoms with Gasteiger partial charge in [-0.25, -0.2) is 0 Å². The molecule has 0 aliphatic carbocycles. The van der Waals surface area contributed by atoms with E-state index in [4.69, 9.17) is 0 Å². The van der Waals surface area contributed by atoms with E-state index in [1.54, 1.807) is 12.2 Å². The van der Waals surface area contributed by atoms with Crippen LogP contribution in [0.4, 0.5) is 0 Å². The van der Waals surface area contributed by atoms with Gasteiger partial charge in [0, 0.05) is 17.8 Å². The summed E-state index contributed by atoms with van der Waals surface area (Å²) in [6.45, 7) is 13.5. The maximum Gasteiger partial charge on any atom is 0.159 e. The predicted octanol–water partition coefficient (Wildman–Crippen LogP) is 3.87. The van der Waals surface area contributed by atoms with Gasteiger partial charge in [-0.05, 0) is 38.5 Å². The molecule has 0 atom stereocenters. The Morgan fingerprint density at radius 3 is 2.26 bits per heavy atom. The number of Topliss-reactive ketones (excluding diaryl/α,β-unsaturated/α-hetero) is 1. The van der Waals surface area contributed by atoms with Gasteiger partial charge in [-0.1, -0.05) is 43.5 Å². The van der Waals surface area contributed by atoms with Gasteiger partial charge >= 0.3 is 0 Å². The van der Waals surface area contributed by atoms with Crippen LogP contribution in [0.25, 0.3) is 0 Å². The van der Waals surface area contributed by atoms with Crippen molar-refractivity contribution in [2.75, 3.05) is 6.54 Å². The van der Waals surface area contributed by atoms with Crippen molar-refractivity contribution in [2.45, 2.75) is 20.8 Å². The number of allylic oxidation sites excluding steroid dienone is 8. The van der Waals surface area contributed by atoms with E-state index in [0.29, 0.717) is 12.1 Å². The fraction of sp³-hybridized carbons (Fsp3) is 0.235. The zero-order valence-electron chi connectivity index (χ0n) is 12.1. The maximum atomic E-state index is 11.2. The van der Waals surface area contributed by atoms with E-state index >= 15 is 0 Å². The molecule has 19 heavy (non-hydrogen) atoms. The van der Waals surface area contributed by atoms with Crippen LogP contribution in [0, 0.1) is 0 Å². The fourth-order valence-electron chi connectivity index (χ4n) is 1.26. The van der Waals surface area contributed by atoms with Gasteiger partial charge in [-0.3, -0.25) is 4.79 Å². The summed E-state index contributed by atoms with van der Waals surface area (Å²) < 4.78 is 0. The molecule has 0 heterocycles. The molecule has 0 saturated heterocycles. The number of nitrogens with one attached hydrogen (secondary N) is 1. The Hall–Kier alpha value is -2.09. The van der Waals surface area contributed by atoms with Crippen molar-refractivity contribution in [2.24, 2.45) is 0 Å². The van der Waals surface area contributed by atoms with E-state index in [-0.39, 0.29) is 5.78 Å². The molecule has 2 heteroatoms. The van der Waals surface area contributed by atoms with Gasteiger partial charge in [-0.2, -0.15) is 0 Å². The summed E-state index contributed by atoms with van der Waals surface area (Å²) in [6, 6.07) is 0. The first kappa shape index (κ1) is 16.9. The van der Waals surface area contributed by atoms with Gasteiger partial charge in [-0.15, -0.1) is 0 Å². The third-order valence-corrected chi connectivity index (χ3v) is 2.48. The molecule has 0 saturated carbocycles. The van der Waals surface area contributed by atoms with Crippen LogP contribution in [0.2, 0.25) is 0 Å². The van der Waals surface area contributed by atoms with E-state index < -0.39 is 0 Å². The van der Waals surface area contributed by atoms with Gasteiger partial charge in [0.1, 0.15) is 0 Å². The summed E-state index contributed by atoms with van der Waals surface area (Å²) in [5.41, 5.74) is 2.69. The second-order valence-corrected chi connectivity index (χ2v) is 4.06. The molecular formula is C17H23NO. The zero-order chi connectivity index (χ0) is 14.7. The standard InChI is InChI=1S/C17H23NO/c1-6-9-10-16(7-2)13-18-14(4)11-12-17(8-3)15(5)19/h6-12,18H,2-3,13H2,1,4-5H3/b9-6-,14-11+,16-10+,17-12+. The van der Waals surface area contributed by atoms with E-state index in [1.807, 2.05) is 44.2 Å². The lowest BCUT2D eigenvalue weighted by atomic mass is 10.1. The number of carbonyl (C=O) groups excluding carboxylic acids is 1. The highest BCUT2D eigenvalue weighted by molar-refractivity contribution is 5.96. The summed E-state index contributed by atoms with van der Waals surface area (Å²) >= 11 is 0. The fourth-order valence-corrected chi connectivity index (χ4v) is 1.26. The van der Waals surface area contributed by atoms with E-state index in [9.17, 15) is 4.79 Å². The smallest absolute Gasteiger partial charge is 0.159 e. The molecule has 0 aliphatic rings. The average molecular weight is 257 g/mol. The first-order valence-corrected chi connectivity index (χ1v) is 6.25. The monoisotopic (exact) mass is 257 g/mol. The summed E-state index contributed by atoms with van der Waals surface area (Å²) in [7, 11) is 0. The van der Waals surface area contributed by atoms with Gasteiger partial charge in [0.15, 0.2) is 5.78 Å². The van der Waals surface area contributed by atoms with Crippen molar-refractivity contribution in [3.05, 3.63) is 72.5 Å². The van der Waals surface area contributed by atoms with Crippen molar-refractivity contribution < 1.29 is 4.79 Å². The molecule has 0 aromatic carbocycles. The van der Waals surface area contributed by atoms with Crippen molar-refractivity contribution >= 4 is 5.78 Å². The third-order valence-electron chi connectivity index (χ3n) is 2.48. The Morgan fingerprint density at radius 2 is 1.79 bits per heavy atom. The molecule has 2 nitrogen and oxygen atoms in total. The predicted molar refractivity (Wildman–Crippen MR) is 83.8 cm³/mol. The van der Waals surface area contributed by atoms with E-state index in [0.717, 1.165) is 11.3 Å². The second-order valence-electron chi connectivity index (χ2n) is 4.06. The zero-order valence-corrected chi connectivity index (χ0v) is 12.1. The van der Waals surface area contributed by atoms with Crippen molar-refractivity contribution in [3.8, 4) is 0 Å². The maximum absolute atomic E-state index is 11.2. The van der Waals surface area contributed by atoms with Crippen LogP contribution in [0.1, 0.15) is 20.8 Å². The largest absolute Gasteiger partial charge is 0.384 e. The van der Waals surface area contributed by atoms with Gasteiger partial charge in [0.05, 0.1) is 0 Å². The van der Waals surface area contributed by atoms with Crippen LogP contribution in [0.15, 0.2) is 72.5 Å². The third kappa shape index (κ3) is 7.77. The number of hydrogen-bond donors (Lipinski definition) is 1. The van der Waals surface area contributed by atoms with Crippen molar-refractivity contribution in [1.82, 2.24) is 5.32 Å². The first-order chi connectivity index (χ1) is 9.04. The Kier molecular flexibility index (Phi) is 8.80. The Balaban J connectivity index is 4.61. The lowest BCUT2D eigenvalue weighted by molar-refractivity contribution is -0.113. The SMILES string of the molecule is C=C/C(=C\C=C/C)CN/C(C)=C/C=C(\C=C)C(C)=O. The minimum Gasteiger partial charge on any atom is -0.384 e. The van der Waals surface area contributed by atoms with E-state index in [1.165, 1.54) is 6.92 Å². The minimum atomic E-state index is 0.0128. The lowest BCUT2D eigenvalue weighted by Crippen LogP contribution is -2.13. The van der Waals surface area contributed by atoms with Crippen molar-refractivity contribution in [1.29, 1.82) is 0 Å². The molecule has 0 unspecified atom stereocenters. The molecule has 0 radical (unpaired) electrons. The molecule has 0 amide bonds. The van der Waals surface area contributed by atoms with Gasteiger partial charge in [0.25, 0.3) is 0 Å². The van der Waals surface area contributed by atoms with Crippen LogP contribution in [0.3, 0.4) is 0 Å². The molecule has 0 spiro atoms. The lowest BCUT2D eigenvalue weighted by Gasteiger charge is -2.06. The topological polar surface area (TPSA) is 29.1 Å². The van der Waals surface area contributed by atoms with Crippen LogP contribution in [0.5, 0.6) is 0 Å². The molecule has 0 aliphatic heterocycles. The molecule has 102 valence electrons. The average Bonchev–Trinajstić information content (AvgIpc) is 2.39. The van der Waals surface area contributed by atoms with E-state index in [2.05, 4.69) is 18.5 Å². The Labute approximate surface area is 116 Å². The van der Waals surface area contributed by atoms with Crippen molar-refractivity contribution in [3.63, 3.8) is 0 Å². The normalized spacial score (nSPS) is 13.5. The summed E-state index contributed by atoms with van der Waals surface area (Å²) in [5, 5.41) is 3.26. The summed E-state index contributed by atoms with van der Waals surface area (Å²) in [5.74, 6) is 0.0128. The molecular weight excluding hydrogens is 234 g/mol. The summed E-state index contributed by atoms with van der Waals surface area (Å²) in [4.78, 5) is 11.2. The molecule has 0 bridgehead atoms. The highest BCUT2D eigenvalue weighted by atomic mass is 16.1. The number of hydrogen-bond acceptors (Lipinski definition) is 2. The molecule has 1 N–H and O–H groups in total. The quantitative estimate of drug-likeness (QED) is 0.528. The van der Waals surface area contributed by atoms with Gasteiger partial charge in [0.2, 0.25) is 0 Å². The van der Waals surface area contributed by atoms with Crippen LogP contribution >= 0.6 is 0 Å². The van der Waals surface area contributed by atoms with Crippen LogP contribution in [-0.2, 0) is 4.79 Å². The van der Waals surface area contributed by atoms with Crippen LogP contribution in [-0.4, -0.2) is 12.3 Å².